The summed E-state index contributed by atoms with van der Waals surface area (Å²) >= 11 is 0. The van der Waals surface area contributed by atoms with Crippen LogP contribution >= 0.6 is 0 Å². The van der Waals surface area contributed by atoms with Crippen LogP contribution in [-0.4, -0.2) is 6.04 Å². The molecular weight excluding hydrogens is 218 g/mol. The lowest BCUT2D eigenvalue weighted by Gasteiger charge is -2.27. The second-order valence-electron chi connectivity index (χ2n) is 5.37. The van der Waals surface area contributed by atoms with Crippen molar-refractivity contribution in [3.8, 4) is 0 Å². The third kappa shape index (κ3) is 1.34. The molecule has 2 aromatic carbocycles. The zero-order valence-electron chi connectivity index (χ0n) is 10.4. The van der Waals surface area contributed by atoms with E-state index in [1.54, 1.807) is 5.56 Å². The van der Waals surface area contributed by atoms with Crippen LogP contribution in [0.3, 0.4) is 0 Å². The van der Waals surface area contributed by atoms with Crippen molar-refractivity contribution in [2.75, 3.05) is 4.90 Å². The Morgan fingerprint density at radius 1 is 0.833 bits per heavy atom. The van der Waals surface area contributed by atoms with Crippen LogP contribution in [0.25, 0.3) is 0 Å². The topological polar surface area (TPSA) is 3.24 Å². The molecule has 0 N–H and O–H groups in total. The maximum Gasteiger partial charge on any atom is 0.0449 e. The first-order valence-corrected chi connectivity index (χ1v) is 6.88. The normalized spacial score (nSPS) is 25.0. The average molecular weight is 235 g/mol. The molecule has 2 atom stereocenters. The predicted molar refractivity (Wildman–Crippen MR) is 75.4 cm³/mol. The van der Waals surface area contributed by atoms with Crippen molar-refractivity contribution in [1.29, 1.82) is 0 Å². The Morgan fingerprint density at radius 3 is 2.50 bits per heavy atom. The summed E-state index contributed by atoms with van der Waals surface area (Å²) in [6, 6.07) is 20.5. The Morgan fingerprint density at radius 2 is 1.61 bits per heavy atom. The summed E-state index contributed by atoms with van der Waals surface area (Å²) < 4.78 is 0. The third-order valence-electron chi connectivity index (χ3n) is 4.44. The van der Waals surface area contributed by atoms with Gasteiger partial charge < -0.3 is 4.90 Å². The number of fused-ring (bicyclic) bond motifs is 3. The number of anilines is 2. The van der Waals surface area contributed by atoms with Crippen LogP contribution in [0, 0.1) is 0 Å². The number of hydrogen-bond acceptors (Lipinski definition) is 1. The summed E-state index contributed by atoms with van der Waals surface area (Å²) in [6.07, 6.45) is 4.05. The number of nitrogens with zero attached hydrogens (tertiary/aromatic N) is 1. The maximum atomic E-state index is 2.56. The number of hydrogen-bond donors (Lipinski definition) is 0. The second kappa shape index (κ2) is 3.88. The number of para-hydroxylation sites is 2. The monoisotopic (exact) mass is 235 g/mol. The van der Waals surface area contributed by atoms with E-state index in [1.165, 1.54) is 30.6 Å². The van der Waals surface area contributed by atoms with Gasteiger partial charge in [-0.2, -0.15) is 0 Å². The summed E-state index contributed by atoms with van der Waals surface area (Å²) in [5, 5.41) is 0. The van der Waals surface area contributed by atoms with E-state index in [2.05, 4.69) is 59.5 Å². The van der Waals surface area contributed by atoms with Crippen LogP contribution < -0.4 is 4.90 Å². The summed E-state index contributed by atoms with van der Waals surface area (Å²) in [5.41, 5.74) is 4.33. The molecule has 1 heteroatoms. The van der Waals surface area contributed by atoms with Crippen LogP contribution in [0.1, 0.15) is 30.7 Å². The predicted octanol–water partition coefficient (Wildman–Crippen LogP) is 4.47. The zero-order chi connectivity index (χ0) is 11.9. The lowest BCUT2D eigenvalue weighted by molar-refractivity contribution is 0.642. The summed E-state index contributed by atoms with van der Waals surface area (Å²) in [4.78, 5) is 2.56. The van der Waals surface area contributed by atoms with E-state index in [0.29, 0.717) is 6.04 Å². The first-order chi connectivity index (χ1) is 8.95. The minimum Gasteiger partial charge on any atom is -0.338 e. The van der Waals surface area contributed by atoms with Gasteiger partial charge in [0.2, 0.25) is 0 Å². The fourth-order valence-corrected chi connectivity index (χ4v) is 3.73. The first-order valence-electron chi connectivity index (χ1n) is 6.88. The molecule has 0 radical (unpaired) electrons. The van der Waals surface area contributed by atoms with Gasteiger partial charge >= 0.3 is 0 Å². The Bertz CT molecular complexity index is 561. The van der Waals surface area contributed by atoms with Gasteiger partial charge in [-0.05, 0) is 36.6 Å². The molecule has 2 aromatic rings. The van der Waals surface area contributed by atoms with Gasteiger partial charge in [0.25, 0.3) is 0 Å². The molecular formula is C17H17N. The average Bonchev–Trinajstić information content (AvgIpc) is 2.99. The van der Waals surface area contributed by atoms with E-state index in [4.69, 9.17) is 0 Å². The minimum atomic E-state index is 0.685. The zero-order valence-corrected chi connectivity index (χ0v) is 10.4. The molecule has 2 aliphatic rings. The van der Waals surface area contributed by atoms with Gasteiger partial charge in [-0.3, -0.25) is 0 Å². The smallest absolute Gasteiger partial charge is 0.0449 e. The van der Waals surface area contributed by atoms with Crippen molar-refractivity contribution in [3.05, 3.63) is 60.2 Å². The van der Waals surface area contributed by atoms with E-state index in [-0.39, 0.29) is 0 Å². The van der Waals surface area contributed by atoms with E-state index in [9.17, 15) is 0 Å². The van der Waals surface area contributed by atoms with Gasteiger partial charge in [-0.15, -0.1) is 0 Å². The Labute approximate surface area is 108 Å². The second-order valence-corrected chi connectivity index (χ2v) is 5.37. The molecule has 1 aliphatic carbocycles. The molecule has 1 fully saturated rings. The van der Waals surface area contributed by atoms with Crippen LogP contribution in [0.5, 0.6) is 0 Å². The van der Waals surface area contributed by atoms with E-state index >= 15 is 0 Å². The van der Waals surface area contributed by atoms with Crippen LogP contribution in [0.4, 0.5) is 11.4 Å². The van der Waals surface area contributed by atoms with Gasteiger partial charge in [-0.1, -0.05) is 42.8 Å². The van der Waals surface area contributed by atoms with Crippen LogP contribution in [-0.2, 0) is 0 Å². The number of benzene rings is 2. The highest BCUT2D eigenvalue weighted by Gasteiger charge is 2.41. The Hall–Kier alpha value is -1.76. The molecule has 0 bridgehead atoms. The largest absolute Gasteiger partial charge is 0.338 e. The third-order valence-corrected chi connectivity index (χ3v) is 4.44. The number of rotatable bonds is 1. The molecule has 4 rings (SSSR count). The standard InChI is InChI=1S/C17H17N/c1-2-7-13(8-3-1)18-16-11-5-4-9-14(16)15-10-6-12-17(15)18/h1-5,7-9,11,15,17H,6,10,12H2. The Balaban J connectivity index is 1.88. The molecule has 1 saturated carbocycles. The maximum absolute atomic E-state index is 2.56. The molecule has 0 amide bonds. The molecule has 2 unspecified atom stereocenters. The quantitative estimate of drug-likeness (QED) is 0.704. The van der Waals surface area contributed by atoms with Crippen molar-refractivity contribution in [2.24, 2.45) is 0 Å². The van der Waals surface area contributed by atoms with Crippen LogP contribution in [0.15, 0.2) is 54.6 Å². The lowest BCUT2D eigenvalue weighted by Crippen LogP contribution is -2.26. The summed E-state index contributed by atoms with van der Waals surface area (Å²) in [6.45, 7) is 0. The first kappa shape index (κ1) is 10.2. The molecule has 18 heavy (non-hydrogen) atoms. The fourth-order valence-electron chi connectivity index (χ4n) is 3.73. The van der Waals surface area contributed by atoms with Gasteiger partial charge in [-0.25, -0.2) is 0 Å². The molecule has 0 saturated heterocycles. The van der Waals surface area contributed by atoms with Gasteiger partial charge in [0.1, 0.15) is 0 Å². The molecule has 1 aliphatic heterocycles. The highest BCUT2D eigenvalue weighted by atomic mass is 15.2. The Kier molecular flexibility index (Phi) is 2.19. The van der Waals surface area contributed by atoms with E-state index in [0.717, 1.165) is 5.92 Å². The molecule has 1 nitrogen and oxygen atoms in total. The van der Waals surface area contributed by atoms with Crippen molar-refractivity contribution >= 4 is 11.4 Å². The molecule has 1 heterocycles. The van der Waals surface area contributed by atoms with Crippen LogP contribution in [0.2, 0.25) is 0 Å². The van der Waals surface area contributed by atoms with E-state index in [1.807, 2.05) is 0 Å². The molecule has 0 aromatic heterocycles. The summed E-state index contributed by atoms with van der Waals surface area (Å²) in [5.74, 6) is 0.751. The van der Waals surface area contributed by atoms with Crippen molar-refractivity contribution in [3.63, 3.8) is 0 Å². The molecule has 0 spiro atoms. The summed E-state index contributed by atoms with van der Waals surface area (Å²) in [7, 11) is 0. The van der Waals surface area contributed by atoms with Gasteiger partial charge in [0, 0.05) is 23.3 Å². The van der Waals surface area contributed by atoms with E-state index < -0.39 is 0 Å². The van der Waals surface area contributed by atoms with Gasteiger partial charge in [0.15, 0.2) is 0 Å². The van der Waals surface area contributed by atoms with Crippen molar-refractivity contribution < 1.29 is 0 Å². The van der Waals surface area contributed by atoms with Crippen molar-refractivity contribution in [2.45, 2.75) is 31.2 Å². The SMILES string of the molecule is c1ccc(N2c3ccccc3C3CCCC32)cc1. The highest BCUT2D eigenvalue weighted by molar-refractivity contribution is 5.72. The van der Waals surface area contributed by atoms with Crippen molar-refractivity contribution in [1.82, 2.24) is 0 Å². The lowest BCUT2D eigenvalue weighted by atomic mass is 9.98. The fraction of sp³-hybridized carbons (Fsp3) is 0.294. The highest BCUT2D eigenvalue weighted by Crippen LogP contribution is 2.51. The molecule has 90 valence electrons. The van der Waals surface area contributed by atoms with Gasteiger partial charge in [0.05, 0.1) is 0 Å². The minimum absolute atomic E-state index is 0.685.